The monoisotopic (exact) mass is 519 g/mol. The van der Waals surface area contributed by atoms with Crippen LogP contribution in [0.2, 0.25) is 0 Å². The number of aliphatic hydroxyl groups excluding tert-OH is 1. The van der Waals surface area contributed by atoms with Gasteiger partial charge in [0.25, 0.3) is 11.8 Å². The lowest BCUT2D eigenvalue weighted by atomic mass is 9.69. The fourth-order valence-corrected chi connectivity index (χ4v) is 5.57. The summed E-state index contributed by atoms with van der Waals surface area (Å²) in [5.74, 6) is -0.347. The Morgan fingerprint density at radius 2 is 1.46 bits per heavy atom. The highest BCUT2D eigenvalue weighted by atomic mass is 16.3. The molecule has 2 aromatic carbocycles. The van der Waals surface area contributed by atoms with E-state index in [-0.39, 0.29) is 28.7 Å². The minimum atomic E-state index is -0.741. The minimum Gasteiger partial charge on any atom is -0.508 e. The standard InChI is InChI=1S/C34H33NO4/c1-32(2)17-7-10-28-29(21-32)31(39)35(30(28)38)25-9-6-8-23(18-25)34(5,22-11-14-26(36)15-12-22)24-13-16-27(37)20-33(3,4)19-24/h6-21,36-37H,1-5H3. The van der Waals surface area contributed by atoms with Crippen LogP contribution < -0.4 is 4.90 Å². The Morgan fingerprint density at radius 1 is 0.769 bits per heavy atom. The van der Waals surface area contributed by atoms with Crippen molar-refractivity contribution >= 4 is 17.5 Å². The number of phenols is 1. The maximum absolute atomic E-state index is 13.6. The summed E-state index contributed by atoms with van der Waals surface area (Å²) >= 11 is 0. The van der Waals surface area contributed by atoms with E-state index in [9.17, 15) is 19.8 Å². The Balaban J connectivity index is 1.67. The second-order valence-electron chi connectivity index (χ2n) is 11.8. The summed E-state index contributed by atoms with van der Waals surface area (Å²) < 4.78 is 0. The van der Waals surface area contributed by atoms with Crippen LogP contribution in [0.5, 0.6) is 5.75 Å². The summed E-state index contributed by atoms with van der Waals surface area (Å²) in [6, 6.07) is 14.5. The molecule has 0 radical (unpaired) electrons. The summed E-state index contributed by atoms with van der Waals surface area (Å²) in [4.78, 5) is 28.4. The first-order valence-electron chi connectivity index (χ1n) is 13.1. The fourth-order valence-electron chi connectivity index (χ4n) is 5.57. The molecule has 0 saturated carbocycles. The molecular weight excluding hydrogens is 486 g/mol. The SMILES string of the molecule is CC1(C)C=CC=C2C(=O)N(c3cccc(C(C)(C4=CC(C)(C)C=C(O)C=C4)c4ccc(O)cc4)c3)C(=O)C2=C1. The maximum Gasteiger partial charge on any atom is 0.266 e. The Morgan fingerprint density at radius 3 is 2.18 bits per heavy atom. The third-order valence-corrected chi connectivity index (χ3v) is 7.65. The van der Waals surface area contributed by atoms with Crippen molar-refractivity contribution in [3.8, 4) is 5.75 Å². The second-order valence-corrected chi connectivity index (χ2v) is 11.8. The largest absolute Gasteiger partial charge is 0.508 e. The number of aromatic hydroxyl groups is 1. The van der Waals surface area contributed by atoms with Gasteiger partial charge in [0.1, 0.15) is 11.5 Å². The lowest BCUT2D eigenvalue weighted by molar-refractivity contribution is -0.119. The van der Waals surface area contributed by atoms with Crippen LogP contribution in [0.1, 0.15) is 45.7 Å². The van der Waals surface area contributed by atoms with Gasteiger partial charge in [-0.15, -0.1) is 0 Å². The number of amides is 2. The molecule has 5 rings (SSSR count). The molecule has 39 heavy (non-hydrogen) atoms. The van der Waals surface area contributed by atoms with E-state index in [2.05, 4.69) is 13.0 Å². The molecule has 1 fully saturated rings. The molecule has 0 aromatic heterocycles. The number of carbonyl (C=O) groups is 2. The van der Waals surface area contributed by atoms with Gasteiger partial charge in [-0.3, -0.25) is 9.59 Å². The molecule has 1 heterocycles. The topological polar surface area (TPSA) is 77.8 Å². The maximum atomic E-state index is 13.6. The Labute approximate surface area is 229 Å². The van der Waals surface area contributed by atoms with Crippen molar-refractivity contribution in [2.24, 2.45) is 10.8 Å². The van der Waals surface area contributed by atoms with Crippen LogP contribution in [0, 0.1) is 10.8 Å². The van der Waals surface area contributed by atoms with E-state index in [1.165, 1.54) is 4.90 Å². The van der Waals surface area contributed by atoms with Crippen LogP contribution in [0.25, 0.3) is 0 Å². The molecule has 198 valence electrons. The van der Waals surface area contributed by atoms with Crippen molar-refractivity contribution < 1.29 is 19.8 Å². The number of hydrogen-bond acceptors (Lipinski definition) is 4. The van der Waals surface area contributed by atoms with Gasteiger partial charge in [0.05, 0.1) is 16.8 Å². The summed E-state index contributed by atoms with van der Waals surface area (Å²) in [6.45, 7) is 10.1. The van der Waals surface area contributed by atoms with E-state index in [0.29, 0.717) is 16.8 Å². The van der Waals surface area contributed by atoms with E-state index in [1.54, 1.807) is 36.4 Å². The van der Waals surface area contributed by atoms with Crippen LogP contribution in [0.3, 0.4) is 0 Å². The number of allylic oxidation sites excluding steroid dienone is 9. The van der Waals surface area contributed by atoms with E-state index >= 15 is 0 Å². The first-order chi connectivity index (χ1) is 18.3. The summed E-state index contributed by atoms with van der Waals surface area (Å²) in [6.07, 6.45) is 14.9. The highest BCUT2D eigenvalue weighted by Gasteiger charge is 2.42. The fraction of sp³-hybridized carbons (Fsp3) is 0.235. The van der Waals surface area contributed by atoms with Crippen LogP contribution in [-0.4, -0.2) is 22.0 Å². The molecule has 2 aliphatic carbocycles. The van der Waals surface area contributed by atoms with Gasteiger partial charge >= 0.3 is 0 Å². The van der Waals surface area contributed by atoms with Crippen LogP contribution >= 0.6 is 0 Å². The zero-order valence-electron chi connectivity index (χ0n) is 22.9. The average Bonchev–Trinajstić information content (AvgIpc) is 2.99. The van der Waals surface area contributed by atoms with Gasteiger partial charge in [-0.2, -0.15) is 0 Å². The van der Waals surface area contributed by atoms with E-state index < -0.39 is 10.8 Å². The average molecular weight is 520 g/mol. The van der Waals surface area contributed by atoms with Crippen molar-refractivity contribution in [3.05, 3.63) is 131 Å². The molecule has 3 aliphatic rings. The first-order valence-corrected chi connectivity index (χ1v) is 13.1. The van der Waals surface area contributed by atoms with Crippen molar-refractivity contribution in [2.75, 3.05) is 4.90 Å². The molecule has 1 saturated heterocycles. The summed E-state index contributed by atoms with van der Waals surface area (Å²) in [7, 11) is 0. The molecule has 1 unspecified atom stereocenters. The van der Waals surface area contributed by atoms with Crippen LogP contribution in [-0.2, 0) is 15.0 Å². The van der Waals surface area contributed by atoms with Gasteiger partial charge in [-0.25, -0.2) is 4.90 Å². The predicted octanol–water partition coefficient (Wildman–Crippen LogP) is 6.98. The van der Waals surface area contributed by atoms with Crippen molar-refractivity contribution in [3.63, 3.8) is 0 Å². The van der Waals surface area contributed by atoms with E-state index in [4.69, 9.17) is 0 Å². The molecule has 0 spiro atoms. The highest BCUT2D eigenvalue weighted by molar-refractivity contribution is 6.37. The third-order valence-electron chi connectivity index (χ3n) is 7.65. The number of hydrogen-bond donors (Lipinski definition) is 2. The number of anilines is 1. The zero-order valence-corrected chi connectivity index (χ0v) is 22.9. The number of benzene rings is 2. The molecule has 1 aliphatic heterocycles. The third kappa shape index (κ3) is 4.69. The highest BCUT2D eigenvalue weighted by Crippen LogP contribution is 2.45. The quantitative estimate of drug-likeness (QED) is 0.427. The molecule has 2 aromatic rings. The van der Waals surface area contributed by atoms with Gasteiger partial charge in [0.2, 0.25) is 0 Å². The van der Waals surface area contributed by atoms with Crippen LogP contribution in [0.15, 0.2) is 120 Å². The molecule has 1 atom stereocenters. The van der Waals surface area contributed by atoms with Crippen molar-refractivity contribution in [2.45, 2.75) is 40.0 Å². The van der Waals surface area contributed by atoms with Crippen molar-refractivity contribution in [1.29, 1.82) is 0 Å². The lowest BCUT2D eigenvalue weighted by Gasteiger charge is -2.35. The lowest BCUT2D eigenvalue weighted by Crippen LogP contribution is -2.31. The molecular formula is C34H33NO4. The van der Waals surface area contributed by atoms with Gasteiger partial charge in [0, 0.05) is 16.2 Å². The molecule has 2 N–H and O–H groups in total. The molecule has 0 bridgehead atoms. The number of rotatable bonds is 4. The van der Waals surface area contributed by atoms with Gasteiger partial charge in [0.15, 0.2) is 0 Å². The Kier molecular flexibility index (Phi) is 6.14. The van der Waals surface area contributed by atoms with Gasteiger partial charge in [-0.1, -0.05) is 82.3 Å². The van der Waals surface area contributed by atoms with Gasteiger partial charge < -0.3 is 10.2 Å². The van der Waals surface area contributed by atoms with E-state index in [0.717, 1.165) is 16.7 Å². The molecule has 2 amide bonds. The Bertz CT molecular complexity index is 1560. The number of imide groups is 1. The van der Waals surface area contributed by atoms with E-state index in [1.807, 2.05) is 82.3 Å². The normalized spacial score (nSPS) is 21.2. The number of carbonyl (C=O) groups excluding carboxylic acids is 2. The van der Waals surface area contributed by atoms with Crippen LogP contribution in [0.4, 0.5) is 5.69 Å². The molecule has 5 heteroatoms. The second kappa shape index (κ2) is 9.12. The molecule has 5 nitrogen and oxygen atoms in total. The number of aliphatic hydroxyl groups is 1. The number of phenolic OH excluding ortho intramolecular Hbond substituents is 1. The smallest absolute Gasteiger partial charge is 0.266 e. The summed E-state index contributed by atoms with van der Waals surface area (Å²) in [5, 5.41) is 20.4. The number of fused-ring (bicyclic) bond motifs is 1. The predicted molar refractivity (Wildman–Crippen MR) is 154 cm³/mol. The Hall–Kier alpha value is -4.38. The first kappa shape index (κ1) is 26.2. The zero-order chi connectivity index (χ0) is 28.2. The summed E-state index contributed by atoms with van der Waals surface area (Å²) in [5.41, 5.74) is 2.46. The minimum absolute atomic E-state index is 0.158. The number of nitrogens with zero attached hydrogens (tertiary/aromatic N) is 1. The van der Waals surface area contributed by atoms with Crippen molar-refractivity contribution in [1.82, 2.24) is 0 Å². The van der Waals surface area contributed by atoms with Gasteiger partial charge in [-0.05, 0) is 66.1 Å².